The van der Waals surface area contributed by atoms with E-state index in [0.29, 0.717) is 17.6 Å². The third-order valence-electron chi connectivity index (χ3n) is 4.01. The molecule has 1 N–H and O–H groups in total. The maximum Gasteiger partial charge on any atom is 0.303 e. The number of carboxylic acids is 1. The average Bonchev–Trinajstić information content (AvgIpc) is 2.94. The number of carbonyl (C=O) groups is 1. The number of rotatable bonds is 4. The van der Waals surface area contributed by atoms with Crippen LogP contribution in [0, 0.1) is 5.92 Å². The molecule has 0 saturated carbocycles. The van der Waals surface area contributed by atoms with Crippen molar-refractivity contribution in [1.82, 2.24) is 4.90 Å². The lowest BCUT2D eigenvalue weighted by Crippen LogP contribution is -2.29. The number of carboxylic acid groups (broad SMARTS) is 1. The van der Waals surface area contributed by atoms with E-state index in [9.17, 15) is 4.79 Å². The van der Waals surface area contributed by atoms with Crippen LogP contribution in [0.2, 0.25) is 0 Å². The summed E-state index contributed by atoms with van der Waals surface area (Å²) in [6, 6.07) is 8.64. The first-order chi connectivity index (χ1) is 9.20. The van der Waals surface area contributed by atoms with Gasteiger partial charge in [0, 0.05) is 29.7 Å². The molecule has 3 nitrogen and oxygen atoms in total. The number of nitrogens with zero attached hydrogens (tertiary/aromatic N) is 1. The predicted octanol–water partition coefficient (Wildman–Crippen LogP) is 2.50. The van der Waals surface area contributed by atoms with E-state index in [1.54, 1.807) is 0 Å². The van der Waals surface area contributed by atoms with E-state index in [-0.39, 0.29) is 0 Å². The fourth-order valence-electron chi connectivity index (χ4n) is 3.14. The maximum absolute atomic E-state index is 10.7. The highest BCUT2D eigenvalue weighted by Crippen LogP contribution is 2.37. The monoisotopic (exact) mass is 277 g/mol. The van der Waals surface area contributed by atoms with Crippen molar-refractivity contribution in [3.8, 4) is 0 Å². The molecule has 0 bridgehead atoms. The Labute approximate surface area is 118 Å². The van der Waals surface area contributed by atoms with Gasteiger partial charge in [-0.25, -0.2) is 0 Å². The minimum Gasteiger partial charge on any atom is -0.481 e. The number of likely N-dealkylation sites (tertiary alicyclic amines) is 1. The summed E-state index contributed by atoms with van der Waals surface area (Å²) in [7, 11) is 0. The van der Waals surface area contributed by atoms with Crippen LogP contribution in [0.1, 0.15) is 18.4 Å². The van der Waals surface area contributed by atoms with E-state index < -0.39 is 5.97 Å². The summed E-state index contributed by atoms with van der Waals surface area (Å²) in [5.74, 6) is -0.305. The molecule has 1 saturated heterocycles. The summed E-state index contributed by atoms with van der Waals surface area (Å²) in [6.45, 7) is 3.11. The second-order valence-electron chi connectivity index (χ2n) is 5.56. The van der Waals surface area contributed by atoms with Crippen molar-refractivity contribution in [2.45, 2.75) is 29.4 Å². The van der Waals surface area contributed by atoms with Crippen LogP contribution < -0.4 is 0 Å². The maximum atomic E-state index is 10.7. The van der Waals surface area contributed by atoms with Gasteiger partial charge in [-0.05, 0) is 36.9 Å². The van der Waals surface area contributed by atoms with Crippen molar-refractivity contribution in [3.05, 3.63) is 29.8 Å². The quantitative estimate of drug-likeness (QED) is 0.918. The van der Waals surface area contributed by atoms with E-state index in [0.717, 1.165) is 32.5 Å². The van der Waals surface area contributed by atoms with Crippen LogP contribution in [-0.2, 0) is 11.2 Å². The van der Waals surface area contributed by atoms with Gasteiger partial charge in [0.2, 0.25) is 0 Å². The molecule has 102 valence electrons. The van der Waals surface area contributed by atoms with Gasteiger partial charge in [0.05, 0.1) is 0 Å². The molecule has 1 fully saturated rings. The highest BCUT2D eigenvalue weighted by molar-refractivity contribution is 8.00. The first kappa shape index (κ1) is 13.0. The molecule has 4 heteroatoms. The minimum atomic E-state index is -0.658. The summed E-state index contributed by atoms with van der Waals surface area (Å²) >= 11 is 1.98. The van der Waals surface area contributed by atoms with E-state index in [1.807, 2.05) is 11.8 Å². The molecule has 2 aliphatic rings. The molecule has 0 spiro atoms. The van der Waals surface area contributed by atoms with Crippen molar-refractivity contribution in [2.24, 2.45) is 5.92 Å². The molecule has 0 amide bonds. The lowest BCUT2D eigenvalue weighted by Gasteiger charge is -2.19. The Morgan fingerprint density at radius 2 is 2.26 bits per heavy atom. The molecule has 0 aromatic heterocycles. The number of fused-ring (bicyclic) bond motifs is 1. The van der Waals surface area contributed by atoms with Crippen molar-refractivity contribution < 1.29 is 9.90 Å². The standard InChI is InChI=1S/C15H19NO2S/c17-15(18)7-11-5-6-16(9-11)10-13-8-12-3-1-2-4-14(12)19-13/h1-4,11,13H,5-10H2,(H,17,18). The van der Waals surface area contributed by atoms with Crippen LogP contribution in [0.5, 0.6) is 0 Å². The summed E-state index contributed by atoms with van der Waals surface area (Å²) in [6.07, 6.45) is 2.52. The minimum absolute atomic E-state index is 0.328. The highest BCUT2D eigenvalue weighted by atomic mass is 32.2. The number of benzene rings is 1. The van der Waals surface area contributed by atoms with Crippen LogP contribution in [0.15, 0.2) is 29.2 Å². The van der Waals surface area contributed by atoms with Crippen molar-refractivity contribution in [1.29, 1.82) is 0 Å². The summed E-state index contributed by atoms with van der Waals surface area (Å²) in [4.78, 5) is 14.6. The van der Waals surface area contributed by atoms with Gasteiger partial charge in [-0.1, -0.05) is 18.2 Å². The average molecular weight is 277 g/mol. The van der Waals surface area contributed by atoms with Crippen LogP contribution in [0.25, 0.3) is 0 Å². The molecule has 0 radical (unpaired) electrons. The molecule has 2 unspecified atom stereocenters. The Hall–Kier alpha value is -1.00. The molecule has 1 aromatic carbocycles. The van der Waals surface area contributed by atoms with E-state index in [1.165, 1.54) is 10.5 Å². The number of thioether (sulfide) groups is 1. The Kier molecular flexibility index (Phi) is 3.80. The molecular formula is C15H19NO2S. The number of hydrogen-bond donors (Lipinski definition) is 1. The fourth-order valence-corrected chi connectivity index (χ4v) is 4.50. The van der Waals surface area contributed by atoms with Gasteiger partial charge >= 0.3 is 5.97 Å². The fraction of sp³-hybridized carbons (Fsp3) is 0.533. The Balaban J connectivity index is 1.51. The van der Waals surface area contributed by atoms with Crippen LogP contribution in [0.4, 0.5) is 0 Å². The molecule has 0 aliphatic carbocycles. The predicted molar refractivity (Wildman–Crippen MR) is 76.6 cm³/mol. The second-order valence-corrected chi connectivity index (χ2v) is 6.91. The van der Waals surface area contributed by atoms with Gasteiger partial charge in [0.15, 0.2) is 0 Å². The van der Waals surface area contributed by atoms with E-state index in [2.05, 4.69) is 29.2 Å². The van der Waals surface area contributed by atoms with Crippen LogP contribution in [-0.4, -0.2) is 40.9 Å². The van der Waals surface area contributed by atoms with Gasteiger partial charge in [-0.15, -0.1) is 11.8 Å². The zero-order valence-electron chi connectivity index (χ0n) is 10.9. The van der Waals surface area contributed by atoms with E-state index >= 15 is 0 Å². The molecule has 1 aromatic rings. The topological polar surface area (TPSA) is 40.5 Å². The first-order valence-corrected chi connectivity index (χ1v) is 7.77. The molecule has 2 aliphatic heterocycles. The third-order valence-corrected chi connectivity index (χ3v) is 5.31. The molecule has 2 heterocycles. The summed E-state index contributed by atoms with van der Waals surface area (Å²) in [5.41, 5.74) is 1.47. The van der Waals surface area contributed by atoms with Gasteiger partial charge in [0.25, 0.3) is 0 Å². The first-order valence-electron chi connectivity index (χ1n) is 6.89. The Morgan fingerprint density at radius 3 is 3.05 bits per heavy atom. The van der Waals surface area contributed by atoms with Gasteiger partial charge in [0.1, 0.15) is 0 Å². The Bertz CT molecular complexity index is 452. The molecular weight excluding hydrogens is 258 g/mol. The second kappa shape index (κ2) is 5.55. The lowest BCUT2D eigenvalue weighted by molar-refractivity contribution is -0.138. The Morgan fingerprint density at radius 1 is 1.42 bits per heavy atom. The normalized spacial score (nSPS) is 26.5. The van der Waals surface area contributed by atoms with Gasteiger partial charge < -0.3 is 10.0 Å². The van der Waals surface area contributed by atoms with E-state index in [4.69, 9.17) is 5.11 Å². The SMILES string of the molecule is O=C(O)CC1CCN(CC2Cc3ccccc3S2)C1. The summed E-state index contributed by atoms with van der Waals surface area (Å²) < 4.78 is 0. The van der Waals surface area contributed by atoms with Crippen LogP contribution >= 0.6 is 11.8 Å². The van der Waals surface area contributed by atoms with Crippen molar-refractivity contribution >= 4 is 17.7 Å². The third kappa shape index (κ3) is 3.12. The lowest BCUT2D eigenvalue weighted by atomic mass is 10.1. The van der Waals surface area contributed by atoms with Crippen molar-refractivity contribution in [3.63, 3.8) is 0 Å². The van der Waals surface area contributed by atoms with Gasteiger partial charge in [-0.3, -0.25) is 4.79 Å². The largest absolute Gasteiger partial charge is 0.481 e. The zero-order chi connectivity index (χ0) is 13.2. The number of aliphatic carboxylic acids is 1. The number of hydrogen-bond acceptors (Lipinski definition) is 3. The van der Waals surface area contributed by atoms with Crippen LogP contribution in [0.3, 0.4) is 0 Å². The smallest absolute Gasteiger partial charge is 0.303 e. The molecule has 19 heavy (non-hydrogen) atoms. The highest BCUT2D eigenvalue weighted by Gasteiger charge is 2.29. The van der Waals surface area contributed by atoms with Gasteiger partial charge in [-0.2, -0.15) is 0 Å². The molecule has 2 atom stereocenters. The summed E-state index contributed by atoms with van der Waals surface area (Å²) in [5, 5.41) is 9.48. The van der Waals surface area contributed by atoms with Crippen molar-refractivity contribution in [2.75, 3.05) is 19.6 Å². The zero-order valence-corrected chi connectivity index (χ0v) is 11.7. The molecule has 3 rings (SSSR count).